The number of rotatable bonds is 4. The van der Waals surface area contributed by atoms with Crippen LogP contribution < -0.4 is 15.0 Å². The number of aromatic nitrogens is 1. The largest absolute Gasteiger partial charge is 0.497 e. The van der Waals surface area contributed by atoms with E-state index in [4.69, 9.17) is 4.74 Å². The third kappa shape index (κ3) is 4.07. The molecule has 1 aromatic carbocycles. The van der Waals surface area contributed by atoms with Crippen LogP contribution in [0.3, 0.4) is 0 Å². The van der Waals surface area contributed by atoms with Crippen molar-refractivity contribution in [1.29, 1.82) is 0 Å². The van der Waals surface area contributed by atoms with Crippen LogP contribution in [0.15, 0.2) is 48.7 Å². The second-order valence-corrected chi connectivity index (χ2v) is 7.07. The fourth-order valence-corrected chi connectivity index (χ4v) is 3.37. The zero-order chi connectivity index (χ0) is 18.6. The Hall–Kier alpha value is -2.76. The molecule has 0 unspecified atom stereocenters. The van der Waals surface area contributed by atoms with Crippen molar-refractivity contribution in [3.63, 3.8) is 0 Å². The van der Waals surface area contributed by atoms with Crippen LogP contribution >= 0.6 is 0 Å². The number of urea groups is 1. The minimum atomic E-state index is -0.174. The van der Waals surface area contributed by atoms with Gasteiger partial charge in [-0.05, 0) is 38.1 Å². The second-order valence-electron chi connectivity index (χ2n) is 7.07. The van der Waals surface area contributed by atoms with Gasteiger partial charge in [0.2, 0.25) is 0 Å². The number of ether oxygens (including phenoxy) is 1. The number of nitrogens with zero attached hydrogens (tertiary/aromatic N) is 3. The van der Waals surface area contributed by atoms with Crippen molar-refractivity contribution < 1.29 is 9.53 Å². The van der Waals surface area contributed by atoms with Gasteiger partial charge in [0.25, 0.3) is 0 Å². The predicted molar refractivity (Wildman–Crippen MR) is 102 cm³/mol. The number of amides is 2. The van der Waals surface area contributed by atoms with E-state index < -0.39 is 0 Å². The van der Waals surface area contributed by atoms with Gasteiger partial charge in [0, 0.05) is 37.6 Å². The van der Waals surface area contributed by atoms with Gasteiger partial charge in [-0.15, -0.1) is 0 Å². The molecule has 1 fully saturated rings. The zero-order valence-electron chi connectivity index (χ0n) is 15.6. The number of nitrogens with one attached hydrogen (secondary N) is 1. The molecule has 1 aliphatic heterocycles. The normalized spacial score (nSPS) is 16.3. The number of piperazine rings is 1. The van der Waals surface area contributed by atoms with Gasteiger partial charge < -0.3 is 19.9 Å². The lowest BCUT2D eigenvalue weighted by Gasteiger charge is -2.48. The van der Waals surface area contributed by atoms with Crippen LogP contribution in [0.25, 0.3) is 0 Å². The molecule has 6 heteroatoms. The van der Waals surface area contributed by atoms with E-state index in [0.717, 1.165) is 23.7 Å². The quantitative estimate of drug-likeness (QED) is 0.917. The van der Waals surface area contributed by atoms with Crippen molar-refractivity contribution in [3.8, 4) is 5.75 Å². The van der Waals surface area contributed by atoms with Crippen molar-refractivity contribution in [2.75, 3.05) is 31.6 Å². The number of hydrogen-bond donors (Lipinski definition) is 1. The Balaban J connectivity index is 1.63. The Morgan fingerprint density at radius 2 is 2.08 bits per heavy atom. The summed E-state index contributed by atoms with van der Waals surface area (Å²) in [7, 11) is 1.67. The number of carbonyl (C=O) groups is 1. The van der Waals surface area contributed by atoms with Gasteiger partial charge in [0.1, 0.15) is 5.75 Å². The van der Waals surface area contributed by atoms with Crippen molar-refractivity contribution in [2.24, 2.45) is 0 Å². The summed E-state index contributed by atoms with van der Waals surface area (Å²) in [5.41, 5.74) is 1.80. The van der Waals surface area contributed by atoms with Gasteiger partial charge in [-0.1, -0.05) is 12.1 Å². The number of carbonyl (C=O) groups excluding carboxylic acids is 1. The Morgan fingerprint density at radius 3 is 2.77 bits per heavy atom. The third-order valence-electron chi connectivity index (χ3n) is 4.70. The van der Waals surface area contributed by atoms with Crippen molar-refractivity contribution in [2.45, 2.75) is 25.9 Å². The van der Waals surface area contributed by atoms with E-state index in [-0.39, 0.29) is 11.6 Å². The first-order valence-corrected chi connectivity index (χ1v) is 8.84. The van der Waals surface area contributed by atoms with E-state index in [1.807, 2.05) is 41.3 Å². The van der Waals surface area contributed by atoms with Crippen LogP contribution in [0, 0.1) is 0 Å². The SMILES string of the molecule is COc1cccc(N2CCN(C(=O)NCc3ccccn3)CC2(C)C)c1. The molecule has 26 heavy (non-hydrogen) atoms. The molecule has 0 spiro atoms. The summed E-state index contributed by atoms with van der Waals surface area (Å²) < 4.78 is 5.34. The topological polar surface area (TPSA) is 57.7 Å². The number of pyridine rings is 1. The zero-order valence-corrected chi connectivity index (χ0v) is 15.6. The molecular weight excluding hydrogens is 328 g/mol. The maximum Gasteiger partial charge on any atom is 0.317 e. The monoisotopic (exact) mass is 354 g/mol. The first-order valence-electron chi connectivity index (χ1n) is 8.84. The third-order valence-corrected chi connectivity index (χ3v) is 4.70. The highest BCUT2D eigenvalue weighted by molar-refractivity contribution is 5.75. The molecular formula is C20H26N4O2. The highest BCUT2D eigenvalue weighted by Crippen LogP contribution is 2.30. The van der Waals surface area contributed by atoms with E-state index in [0.29, 0.717) is 19.6 Å². The van der Waals surface area contributed by atoms with Gasteiger partial charge in [-0.25, -0.2) is 4.79 Å². The molecule has 2 heterocycles. The molecule has 138 valence electrons. The lowest BCUT2D eigenvalue weighted by molar-refractivity contribution is 0.169. The molecule has 1 N–H and O–H groups in total. The van der Waals surface area contributed by atoms with Gasteiger partial charge in [-0.3, -0.25) is 4.98 Å². The lowest BCUT2D eigenvalue weighted by atomic mass is 9.98. The summed E-state index contributed by atoms with van der Waals surface area (Å²) in [4.78, 5) is 21.0. The highest BCUT2D eigenvalue weighted by atomic mass is 16.5. The average molecular weight is 354 g/mol. The average Bonchev–Trinajstić information content (AvgIpc) is 2.66. The number of benzene rings is 1. The number of anilines is 1. The van der Waals surface area contributed by atoms with E-state index >= 15 is 0 Å². The molecule has 0 saturated carbocycles. The van der Waals surface area contributed by atoms with Gasteiger partial charge in [0.05, 0.1) is 24.9 Å². The van der Waals surface area contributed by atoms with Gasteiger partial charge >= 0.3 is 6.03 Å². The molecule has 1 aromatic heterocycles. The Morgan fingerprint density at radius 1 is 1.23 bits per heavy atom. The maximum atomic E-state index is 12.6. The summed E-state index contributed by atoms with van der Waals surface area (Å²) in [5.74, 6) is 0.842. The molecule has 0 radical (unpaired) electrons. The molecule has 0 atom stereocenters. The summed E-state index contributed by atoms with van der Waals surface area (Å²) in [5, 5.41) is 2.97. The van der Waals surface area contributed by atoms with Crippen LogP contribution in [-0.4, -0.2) is 48.2 Å². The minimum Gasteiger partial charge on any atom is -0.497 e. The lowest BCUT2D eigenvalue weighted by Crippen LogP contribution is -2.62. The number of methoxy groups -OCH3 is 1. The molecule has 2 aromatic rings. The van der Waals surface area contributed by atoms with Crippen molar-refractivity contribution in [3.05, 3.63) is 54.4 Å². The van der Waals surface area contributed by atoms with Crippen LogP contribution in [0.5, 0.6) is 5.75 Å². The van der Waals surface area contributed by atoms with Gasteiger partial charge in [0.15, 0.2) is 0 Å². The van der Waals surface area contributed by atoms with E-state index in [1.54, 1.807) is 13.3 Å². The molecule has 1 aliphatic rings. The Bertz CT molecular complexity index is 748. The molecule has 2 amide bonds. The number of hydrogen-bond acceptors (Lipinski definition) is 4. The summed E-state index contributed by atoms with van der Waals surface area (Å²) in [6.45, 7) is 6.86. The van der Waals surface area contributed by atoms with Crippen LogP contribution in [0.4, 0.5) is 10.5 Å². The highest BCUT2D eigenvalue weighted by Gasteiger charge is 2.35. The Kier molecular flexibility index (Phi) is 5.30. The molecule has 0 aliphatic carbocycles. The van der Waals surface area contributed by atoms with E-state index in [9.17, 15) is 4.79 Å². The summed E-state index contributed by atoms with van der Waals surface area (Å²) in [6, 6.07) is 13.7. The fourth-order valence-electron chi connectivity index (χ4n) is 3.37. The summed E-state index contributed by atoms with van der Waals surface area (Å²) >= 11 is 0. The standard InChI is InChI=1S/C20H26N4O2/c1-20(2)15-23(19(25)22-14-16-7-4-5-10-21-16)11-12-24(20)17-8-6-9-18(13-17)26-3/h4-10,13H,11-12,14-15H2,1-3H3,(H,22,25). The maximum absolute atomic E-state index is 12.6. The van der Waals surface area contributed by atoms with Crippen LogP contribution in [0.1, 0.15) is 19.5 Å². The summed E-state index contributed by atoms with van der Waals surface area (Å²) in [6.07, 6.45) is 1.73. The van der Waals surface area contributed by atoms with Crippen LogP contribution in [-0.2, 0) is 6.54 Å². The molecule has 1 saturated heterocycles. The van der Waals surface area contributed by atoms with E-state index in [2.05, 4.69) is 35.1 Å². The fraction of sp³-hybridized carbons (Fsp3) is 0.400. The van der Waals surface area contributed by atoms with Crippen molar-refractivity contribution in [1.82, 2.24) is 15.2 Å². The minimum absolute atomic E-state index is 0.0472. The second kappa shape index (κ2) is 7.64. The van der Waals surface area contributed by atoms with Crippen molar-refractivity contribution >= 4 is 11.7 Å². The van der Waals surface area contributed by atoms with Gasteiger partial charge in [-0.2, -0.15) is 0 Å². The molecule has 6 nitrogen and oxygen atoms in total. The Labute approximate surface area is 154 Å². The molecule has 3 rings (SSSR count). The first kappa shape index (κ1) is 18.0. The van der Waals surface area contributed by atoms with Crippen LogP contribution in [0.2, 0.25) is 0 Å². The van der Waals surface area contributed by atoms with E-state index in [1.165, 1.54) is 0 Å². The first-order chi connectivity index (χ1) is 12.5. The smallest absolute Gasteiger partial charge is 0.317 e. The molecule has 0 bridgehead atoms. The predicted octanol–water partition coefficient (Wildman–Crippen LogP) is 2.90.